The second-order valence-corrected chi connectivity index (χ2v) is 6.21. The summed E-state index contributed by atoms with van der Waals surface area (Å²) in [6.07, 6.45) is 9.39. The van der Waals surface area contributed by atoms with Crippen LogP contribution >= 0.6 is 0 Å². The number of carboxylic acids is 1. The predicted molar refractivity (Wildman–Crippen MR) is 81.8 cm³/mol. The average Bonchev–Trinajstić information content (AvgIpc) is 2.46. The number of terminal acetylenes is 1. The monoisotopic (exact) mass is 294 g/mol. The summed E-state index contributed by atoms with van der Waals surface area (Å²) in [5.41, 5.74) is -0.800. The minimum atomic E-state index is -0.802. The number of aliphatic carboxylic acids is 1. The lowest BCUT2D eigenvalue weighted by molar-refractivity contribution is -0.151. The van der Waals surface area contributed by atoms with Crippen LogP contribution in [0.15, 0.2) is 0 Å². The Hall–Kier alpha value is -1.70. The molecule has 0 radical (unpaired) electrons. The van der Waals surface area contributed by atoms with Crippen molar-refractivity contribution in [2.24, 2.45) is 11.3 Å². The number of rotatable bonds is 6. The van der Waals surface area contributed by atoms with Gasteiger partial charge in [0.2, 0.25) is 0 Å². The van der Waals surface area contributed by atoms with Gasteiger partial charge >= 0.3 is 12.0 Å². The van der Waals surface area contributed by atoms with Gasteiger partial charge in [0.05, 0.1) is 5.41 Å². The van der Waals surface area contributed by atoms with Gasteiger partial charge in [-0.15, -0.1) is 12.3 Å². The smallest absolute Gasteiger partial charge is 0.317 e. The lowest BCUT2D eigenvalue weighted by Gasteiger charge is -2.39. The van der Waals surface area contributed by atoms with Gasteiger partial charge in [0.25, 0.3) is 0 Å². The Kier molecular flexibility index (Phi) is 6.54. The highest BCUT2D eigenvalue weighted by atomic mass is 16.4. The number of nitrogens with zero attached hydrogens (tertiary/aromatic N) is 1. The number of hydrogen-bond donors (Lipinski definition) is 2. The number of likely N-dealkylation sites (tertiary alicyclic amines) is 1. The molecule has 1 atom stereocenters. The molecule has 0 aromatic carbocycles. The minimum Gasteiger partial charge on any atom is -0.481 e. The van der Waals surface area contributed by atoms with Crippen LogP contribution in [0.3, 0.4) is 0 Å². The Morgan fingerprint density at radius 1 is 1.43 bits per heavy atom. The molecule has 0 spiro atoms. The quantitative estimate of drug-likeness (QED) is 0.583. The van der Waals surface area contributed by atoms with E-state index in [9.17, 15) is 14.7 Å². The fourth-order valence-corrected chi connectivity index (χ4v) is 2.58. The molecule has 0 aromatic heterocycles. The van der Waals surface area contributed by atoms with Gasteiger partial charge in [-0.2, -0.15) is 0 Å². The summed E-state index contributed by atoms with van der Waals surface area (Å²) in [4.78, 5) is 25.2. The Morgan fingerprint density at radius 3 is 2.76 bits per heavy atom. The summed E-state index contributed by atoms with van der Waals surface area (Å²) in [6, 6.07) is -0.0957. The predicted octanol–water partition coefficient (Wildman–Crippen LogP) is 2.32. The summed E-state index contributed by atoms with van der Waals surface area (Å²) in [5.74, 6) is 1.77. The molecular weight excluding hydrogens is 268 g/mol. The Morgan fingerprint density at radius 2 is 2.14 bits per heavy atom. The van der Waals surface area contributed by atoms with Crippen LogP contribution in [0.25, 0.3) is 0 Å². The molecule has 1 fully saturated rings. The van der Waals surface area contributed by atoms with E-state index >= 15 is 0 Å². The molecule has 1 aliphatic heterocycles. The second-order valence-electron chi connectivity index (χ2n) is 6.21. The van der Waals surface area contributed by atoms with Crippen molar-refractivity contribution in [2.45, 2.75) is 46.0 Å². The SMILES string of the molecule is C#CCCCCNC(=O)N1CCCC(C(C)(C)C(=O)O)C1. The first-order chi connectivity index (χ1) is 9.89. The van der Waals surface area contributed by atoms with E-state index in [0.29, 0.717) is 19.6 Å². The van der Waals surface area contributed by atoms with Crippen molar-refractivity contribution in [3.05, 3.63) is 0 Å². The van der Waals surface area contributed by atoms with Crippen LogP contribution in [-0.2, 0) is 4.79 Å². The normalized spacial score (nSPS) is 18.9. The van der Waals surface area contributed by atoms with E-state index in [4.69, 9.17) is 6.42 Å². The van der Waals surface area contributed by atoms with Gasteiger partial charge < -0.3 is 15.3 Å². The first kappa shape index (κ1) is 17.4. The van der Waals surface area contributed by atoms with E-state index in [1.54, 1.807) is 18.7 Å². The molecule has 1 unspecified atom stereocenters. The first-order valence-corrected chi connectivity index (χ1v) is 7.59. The number of amides is 2. The van der Waals surface area contributed by atoms with Crippen molar-refractivity contribution >= 4 is 12.0 Å². The van der Waals surface area contributed by atoms with E-state index in [0.717, 1.165) is 32.1 Å². The number of piperidine rings is 1. The van der Waals surface area contributed by atoms with Crippen LogP contribution in [0, 0.1) is 23.7 Å². The van der Waals surface area contributed by atoms with E-state index in [1.165, 1.54) is 0 Å². The minimum absolute atomic E-state index is 0.00376. The third-order valence-corrected chi connectivity index (χ3v) is 4.30. The molecule has 2 amide bonds. The van der Waals surface area contributed by atoms with Crippen molar-refractivity contribution in [3.8, 4) is 12.3 Å². The van der Waals surface area contributed by atoms with Gasteiger partial charge in [-0.25, -0.2) is 4.79 Å². The average molecular weight is 294 g/mol. The summed E-state index contributed by atoms with van der Waals surface area (Å²) in [7, 11) is 0. The van der Waals surface area contributed by atoms with Gasteiger partial charge in [0, 0.05) is 26.1 Å². The van der Waals surface area contributed by atoms with Gasteiger partial charge in [0.1, 0.15) is 0 Å². The first-order valence-electron chi connectivity index (χ1n) is 7.59. The number of unbranched alkanes of at least 4 members (excludes halogenated alkanes) is 2. The van der Waals surface area contributed by atoms with Gasteiger partial charge in [-0.3, -0.25) is 4.79 Å². The highest BCUT2D eigenvalue weighted by Gasteiger charge is 2.39. The van der Waals surface area contributed by atoms with Crippen LogP contribution in [0.2, 0.25) is 0 Å². The van der Waals surface area contributed by atoms with Crippen LogP contribution < -0.4 is 5.32 Å². The molecule has 0 saturated carbocycles. The topological polar surface area (TPSA) is 69.6 Å². The summed E-state index contributed by atoms with van der Waals surface area (Å²) in [6.45, 7) is 5.30. The zero-order valence-electron chi connectivity index (χ0n) is 13.0. The third-order valence-electron chi connectivity index (χ3n) is 4.30. The standard InChI is InChI=1S/C16H26N2O3/c1-4-5-6-7-10-17-15(21)18-11-8-9-13(12-18)16(2,3)14(19)20/h1,13H,5-12H2,2-3H3,(H,17,21)(H,19,20). The molecule has 2 N–H and O–H groups in total. The molecule has 1 rings (SSSR count). The summed E-state index contributed by atoms with van der Waals surface area (Å²) >= 11 is 0. The molecule has 5 heteroatoms. The lowest BCUT2D eigenvalue weighted by Crippen LogP contribution is -2.50. The third kappa shape index (κ3) is 4.96. The zero-order chi connectivity index (χ0) is 15.9. The van der Waals surface area contributed by atoms with Crippen molar-refractivity contribution in [2.75, 3.05) is 19.6 Å². The largest absolute Gasteiger partial charge is 0.481 e. The molecule has 21 heavy (non-hydrogen) atoms. The van der Waals surface area contributed by atoms with Gasteiger partial charge in [0.15, 0.2) is 0 Å². The highest BCUT2D eigenvalue weighted by molar-refractivity contribution is 5.76. The summed E-state index contributed by atoms with van der Waals surface area (Å²) < 4.78 is 0. The van der Waals surface area contributed by atoms with E-state index in [2.05, 4.69) is 11.2 Å². The van der Waals surface area contributed by atoms with Crippen LogP contribution in [0.1, 0.15) is 46.0 Å². The Labute approximate surface area is 127 Å². The number of carbonyl (C=O) groups is 2. The molecule has 1 saturated heterocycles. The van der Waals surface area contributed by atoms with Crippen molar-refractivity contribution < 1.29 is 14.7 Å². The van der Waals surface area contributed by atoms with Crippen molar-refractivity contribution in [1.82, 2.24) is 10.2 Å². The summed E-state index contributed by atoms with van der Waals surface area (Å²) in [5, 5.41) is 12.2. The van der Waals surface area contributed by atoms with Gasteiger partial charge in [-0.05, 0) is 45.4 Å². The molecule has 0 aliphatic carbocycles. The van der Waals surface area contributed by atoms with E-state index in [1.807, 2.05) is 0 Å². The molecule has 5 nitrogen and oxygen atoms in total. The maximum atomic E-state index is 12.1. The maximum Gasteiger partial charge on any atom is 0.317 e. The maximum absolute atomic E-state index is 12.1. The van der Waals surface area contributed by atoms with Crippen LogP contribution in [-0.4, -0.2) is 41.6 Å². The number of hydrogen-bond acceptors (Lipinski definition) is 2. The Bertz CT molecular complexity index is 412. The molecule has 1 aliphatic rings. The molecular formula is C16H26N2O3. The fourth-order valence-electron chi connectivity index (χ4n) is 2.58. The number of urea groups is 1. The molecule has 0 aromatic rings. The Balaban J connectivity index is 2.43. The zero-order valence-corrected chi connectivity index (χ0v) is 13.0. The fraction of sp³-hybridized carbons (Fsp3) is 0.750. The van der Waals surface area contributed by atoms with E-state index in [-0.39, 0.29) is 11.9 Å². The van der Waals surface area contributed by atoms with Crippen molar-refractivity contribution in [1.29, 1.82) is 0 Å². The molecule has 0 bridgehead atoms. The van der Waals surface area contributed by atoms with E-state index < -0.39 is 11.4 Å². The molecule has 1 heterocycles. The van der Waals surface area contributed by atoms with Crippen molar-refractivity contribution in [3.63, 3.8) is 0 Å². The number of carboxylic acid groups (broad SMARTS) is 1. The lowest BCUT2D eigenvalue weighted by atomic mass is 9.74. The highest BCUT2D eigenvalue weighted by Crippen LogP contribution is 2.34. The van der Waals surface area contributed by atoms with Gasteiger partial charge in [-0.1, -0.05) is 0 Å². The van der Waals surface area contributed by atoms with Crippen LogP contribution in [0.5, 0.6) is 0 Å². The van der Waals surface area contributed by atoms with Crippen LogP contribution in [0.4, 0.5) is 4.79 Å². The second kappa shape index (κ2) is 7.92. The number of carbonyl (C=O) groups excluding carboxylic acids is 1. The number of nitrogens with one attached hydrogen (secondary N) is 1. The molecule has 118 valence electrons.